The van der Waals surface area contributed by atoms with Crippen LogP contribution in [0.5, 0.6) is 5.75 Å². The summed E-state index contributed by atoms with van der Waals surface area (Å²) in [6.45, 7) is 0.491. The monoisotopic (exact) mass is 293 g/mol. The number of carbonyl (C=O) groups is 1. The summed E-state index contributed by atoms with van der Waals surface area (Å²) < 4.78 is 5.60. The first-order valence-corrected chi connectivity index (χ1v) is 7.88. The number of ether oxygens (including phenoxy) is 1. The Bertz CT molecular complexity index is 523. The van der Waals surface area contributed by atoms with Crippen molar-refractivity contribution in [3.8, 4) is 16.9 Å². The van der Waals surface area contributed by atoms with Gasteiger partial charge in [-0.3, -0.25) is 0 Å². The quantitative estimate of drug-likeness (QED) is 0.735. The predicted octanol–water partition coefficient (Wildman–Crippen LogP) is 2.28. The first-order chi connectivity index (χ1) is 9.25. The molecule has 0 amide bonds. The number of carboxylic acids is 1. The van der Waals surface area contributed by atoms with Crippen molar-refractivity contribution in [2.45, 2.75) is 0 Å². The van der Waals surface area contributed by atoms with Crippen LogP contribution in [0.25, 0.3) is 11.1 Å². The summed E-state index contributed by atoms with van der Waals surface area (Å²) in [5, 5.41) is 14.4. The van der Waals surface area contributed by atoms with Crippen LogP contribution in [-0.4, -0.2) is 24.1 Å². The van der Waals surface area contributed by atoms with Crippen molar-refractivity contribution >= 4 is 29.1 Å². The molecular formula is C14H13O3S2-. The summed E-state index contributed by atoms with van der Waals surface area (Å²) in [5.74, 6) is 0.414. The molecule has 0 N–H and O–H groups in total. The number of aliphatic carboxylic acids is 1. The molecule has 0 bridgehead atoms. The third-order valence-electron chi connectivity index (χ3n) is 2.40. The Balaban J connectivity index is 1.84. The van der Waals surface area contributed by atoms with Gasteiger partial charge < -0.3 is 14.6 Å². The largest absolute Gasteiger partial charge is 0.549 e. The predicted molar refractivity (Wildman–Crippen MR) is 77.6 cm³/mol. The number of rotatable bonds is 7. The Morgan fingerprint density at radius 1 is 1.32 bits per heavy atom. The zero-order valence-corrected chi connectivity index (χ0v) is 11.8. The molecule has 0 fully saturated rings. The lowest BCUT2D eigenvalue weighted by Gasteiger charge is -2.07. The van der Waals surface area contributed by atoms with Crippen molar-refractivity contribution < 1.29 is 14.6 Å². The highest BCUT2D eigenvalue weighted by Crippen LogP contribution is 2.25. The number of hydrogen-bond donors (Lipinski definition) is 0. The third kappa shape index (κ3) is 4.61. The first kappa shape index (κ1) is 14.0. The van der Waals surface area contributed by atoms with Gasteiger partial charge in [-0.25, -0.2) is 0 Å². The Labute approximate surface area is 120 Å². The van der Waals surface area contributed by atoms with E-state index in [1.54, 1.807) is 11.3 Å². The zero-order valence-electron chi connectivity index (χ0n) is 10.2. The van der Waals surface area contributed by atoms with Gasteiger partial charge in [-0.05, 0) is 40.1 Å². The van der Waals surface area contributed by atoms with E-state index in [0.29, 0.717) is 12.4 Å². The van der Waals surface area contributed by atoms with E-state index in [0.717, 1.165) is 11.3 Å². The molecule has 2 rings (SSSR count). The van der Waals surface area contributed by atoms with Crippen molar-refractivity contribution in [3.63, 3.8) is 0 Å². The van der Waals surface area contributed by atoms with Gasteiger partial charge in [0.1, 0.15) is 5.75 Å². The van der Waals surface area contributed by atoms with Gasteiger partial charge in [0.05, 0.1) is 12.6 Å². The fourth-order valence-corrected chi connectivity index (χ4v) is 2.75. The highest BCUT2D eigenvalue weighted by molar-refractivity contribution is 7.99. The molecule has 0 radical (unpaired) electrons. The summed E-state index contributed by atoms with van der Waals surface area (Å²) >= 11 is 2.96. The molecule has 0 aliphatic heterocycles. The molecule has 0 atom stereocenters. The van der Waals surface area contributed by atoms with Crippen molar-refractivity contribution in [1.29, 1.82) is 0 Å². The SMILES string of the molecule is O=C([O-])CSCCOc1cccc(-c2ccsc2)c1. The molecule has 0 saturated heterocycles. The van der Waals surface area contributed by atoms with E-state index in [2.05, 4.69) is 11.4 Å². The van der Waals surface area contributed by atoms with Gasteiger partial charge in [0, 0.05) is 11.5 Å². The summed E-state index contributed by atoms with van der Waals surface area (Å²) in [6.07, 6.45) is 0. The maximum atomic E-state index is 10.2. The first-order valence-electron chi connectivity index (χ1n) is 5.79. The summed E-state index contributed by atoms with van der Waals surface area (Å²) in [5.41, 5.74) is 2.31. The number of carboxylic acid groups (broad SMARTS) is 1. The van der Waals surface area contributed by atoms with Crippen LogP contribution in [0.4, 0.5) is 0 Å². The zero-order chi connectivity index (χ0) is 13.5. The minimum Gasteiger partial charge on any atom is -0.549 e. The fraction of sp³-hybridized carbons (Fsp3) is 0.214. The third-order valence-corrected chi connectivity index (χ3v) is 3.98. The smallest absolute Gasteiger partial charge is 0.119 e. The number of carbonyl (C=O) groups excluding carboxylic acids is 1. The van der Waals surface area contributed by atoms with Crippen LogP contribution in [0.3, 0.4) is 0 Å². The normalized spacial score (nSPS) is 10.3. The Morgan fingerprint density at radius 2 is 2.21 bits per heavy atom. The van der Waals surface area contributed by atoms with Gasteiger partial charge in [-0.1, -0.05) is 12.1 Å². The fourth-order valence-electron chi connectivity index (χ4n) is 1.57. The van der Waals surface area contributed by atoms with Crippen molar-refractivity contribution in [2.24, 2.45) is 0 Å². The molecule has 3 nitrogen and oxygen atoms in total. The highest BCUT2D eigenvalue weighted by atomic mass is 32.2. The second-order valence-corrected chi connectivity index (χ2v) is 5.70. The molecule has 0 aliphatic rings. The maximum Gasteiger partial charge on any atom is 0.119 e. The van der Waals surface area contributed by atoms with Gasteiger partial charge in [0.2, 0.25) is 0 Å². The van der Waals surface area contributed by atoms with Crippen molar-refractivity contribution in [2.75, 3.05) is 18.1 Å². The number of thioether (sulfide) groups is 1. The lowest BCUT2D eigenvalue weighted by Crippen LogP contribution is -2.24. The van der Waals surface area contributed by atoms with E-state index in [-0.39, 0.29) is 5.75 Å². The molecule has 100 valence electrons. The Kier molecular flexibility index (Phi) is 5.30. The van der Waals surface area contributed by atoms with Gasteiger partial charge >= 0.3 is 0 Å². The molecule has 0 saturated carbocycles. The Morgan fingerprint density at radius 3 is 2.95 bits per heavy atom. The van der Waals surface area contributed by atoms with Crippen molar-refractivity contribution in [3.05, 3.63) is 41.1 Å². The van der Waals surface area contributed by atoms with Crippen LogP contribution in [-0.2, 0) is 4.79 Å². The molecule has 5 heteroatoms. The van der Waals surface area contributed by atoms with Crippen LogP contribution < -0.4 is 9.84 Å². The van der Waals surface area contributed by atoms with E-state index in [1.165, 1.54) is 17.3 Å². The average molecular weight is 293 g/mol. The van der Waals surface area contributed by atoms with E-state index in [1.807, 2.05) is 29.6 Å². The lowest BCUT2D eigenvalue weighted by molar-refractivity contribution is -0.301. The van der Waals surface area contributed by atoms with Crippen LogP contribution in [0.1, 0.15) is 0 Å². The van der Waals surface area contributed by atoms with Gasteiger partial charge in [-0.2, -0.15) is 23.1 Å². The van der Waals surface area contributed by atoms with Gasteiger partial charge in [-0.15, -0.1) is 0 Å². The van der Waals surface area contributed by atoms with E-state index < -0.39 is 5.97 Å². The van der Waals surface area contributed by atoms with E-state index in [4.69, 9.17) is 4.74 Å². The maximum absolute atomic E-state index is 10.2. The molecule has 1 aromatic heterocycles. The molecule has 19 heavy (non-hydrogen) atoms. The summed E-state index contributed by atoms with van der Waals surface area (Å²) in [4.78, 5) is 10.2. The molecule has 1 heterocycles. The average Bonchev–Trinajstić information content (AvgIpc) is 2.92. The molecule has 0 unspecified atom stereocenters. The molecule has 1 aromatic carbocycles. The van der Waals surface area contributed by atoms with Crippen LogP contribution in [0.15, 0.2) is 41.1 Å². The minimum atomic E-state index is -1.04. The van der Waals surface area contributed by atoms with Crippen LogP contribution in [0, 0.1) is 0 Å². The standard InChI is InChI=1S/C14H14O3S2/c15-14(16)10-19-7-5-17-13-3-1-2-11(8-13)12-4-6-18-9-12/h1-4,6,8-9H,5,7,10H2,(H,15,16)/p-1. The summed E-state index contributed by atoms with van der Waals surface area (Å²) in [6, 6.07) is 9.96. The van der Waals surface area contributed by atoms with Crippen LogP contribution >= 0.6 is 23.1 Å². The molecular weight excluding hydrogens is 280 g/mol. The van der Waals surface area contributed by atoms with Crippen molar-refractivity contribution in [1.82, 2.24) is 0 Å². The highest BCUT2D eigenvalue weighted by Gasteiger charge is 2.00. The number of benzene rings is 1. The molecule has 0 aliphatic carbocycles. The summed E-state index contributed by atoms with van der Waals surface area (Å²) in [7, 11) is 0. The van der Waals surface area contributed by atoms with Gasteiger partial charge in [0.15, 0.2) is 0 Å². The number of hydrogen-bond acceptors (Lipinski definition) is 5. The van der Waals surface area contributed by atoms with Gasteiger partial charge in [0.25, 0.3) is 0 Å². The minimum absolute atomic E-state index is 0.0122. The second-order valence-electron chi connectivity index (χ2n) is 3.81. The second kappa shape index (κ2) is 7.21. The molecule has 0 spiro atoms. The topological polar surface area (TPSA) is 49.4 Å². The lowest BCUT2D eigenvalue weighted by atomic mass is 10.1. The van der Waals surface area contributed by atoms with E-state index in [9.17, 15) is 9.90 Å². The van der Waals surface area contributed by atoms with E-state index >= 15 is 0 Å². The van der Waals surface area contributed by atoms with Crippen LogP contribution in [0.2, 0.25) is 0 Å². The molecule has 2 aromatic rings. The Hall–Kier alpha value is -1.46. The number of thiophene rings is 1.